The van der Waals surface area contributed by atoms with Gasteiger partial charge in [-0.15, -0.1) is 0 Å². The van der Waals surface area contributed by atoms with E-state index in [1.165, 1.54) is 13.2 Å². The molecule has 3 fully saturated rings. The number of anilines is 2. The molecule has 0 saturated carbocycles. The molecule has 3 saturated heterocycles. The van der Waals surface area contributed by atoms with Gasteiger partial charge in [-0.25, -0.2) is 8.78 Å². The Labute approximate surface area is 268 Å². The lowest BCUT2D eigenvalue weighted by molar-refractivity contribution is -0.145. The van der Waals surface area contributed by atoms with Crippen molar-refractivity contribution < 1.29 is 28.2 Å². The van der Waals surface area contributed by atoms with Crippen LogP contribution in [0.3, 0.4) is 0 Å². The van der Waals surface area contributed by atoms with Crippen molar-refractivity contribution in [1.29, 1.82) is 0 Å². The molecule has 0 amide bonds. The third-order valence-corrected chi connectivity index (χ3v) is 10.6. The van der Waals surface area contributed by atoms with E-state index in [4.69, 9.17) is 19.4 Å². The molecule has 46 heavy (non-hydrogen) atoms. The average molecular weight is 636 g/mol. The number of rotatable bonds is 7. The number of phenolic OH excluding ortho intramolecular Hbond substituents is 1. The van der Waals surface area contributed by atoms with Gasteiger partial charge in [0.15, 0.2) is 0 Å². The number of hydrogen-bond donors (Lipinski definition) is 1. The average Bonchev–Trinajstić information content (AvgIpc) is 3.46. The first-order valence-corrected chi connectivity index (χ1v) is 16.7. The lowest BCUT2D eigenvalue weighted by Gasteiger charge is -2.35. The minimum Gasteiger partial charge on any atom is -0.508 e. The molecular weight excluding hydrogens is 592 g/mol. The molecule has 0 spiro atoms. The summed E-state index contributed by atoms with van der Waals surface area (Å²) in [6, 6.07) is 6.85. The Kier molecular flexibility index (Phi) is 8.37. The molecule has 1 aromatic heterocycles. The highest BCUT2D eigenvalue weighted by Gasteiger charge is 2.49. The highest BCUT2D eigenvalue weighted by molar-refractivity contribution is 5.98. The largest absolute Gasteiger partial charge is 0.508 e. The normalized spacial score (nSPS) is 25.0. The van der Waals surface area contributed by atoms with Crippen LogP contribution in [0.15, 0.2) is 24.3 Å². The molecular formula is C35H43F2N5O4. The minimum absolute atomic E-state index is 0.127. The highest BCUT2D eigenvalue weighted by Crippen LogP contribution is 2.42. The number of ether oxygens (including phenoxy) is 2. The van der Waals surface area contributed by atoms with Gasteiger partial charge in [0.25, 0.3) is 0 Å². The number of hydrogen-bond acceptors (Lipinski definition) is 9. The van der Waals surface area contributed by atoms with Crippen molar-refractivity contribution in [1.82, 2.24) is 14.9 Å². The predicted molar refractivity (Wildman–Crippen MR) is 172 cm³/mol. The number of nitrogens with zero attached hydrogens (tertiary/aromatic N) is 5. The topological polar surface area (TPSA) is 91.3 Å². The van der Waals surface area contributed by atoms with Crippen LogP contribution in [-0.4, -0.2) is 84.1 Å². The van der Waals surface area contributed by atoms with Crippen molar-refractivity contribution in [3.63, 3.8) is 0 Å². The van der Waals surface area contributed by atoms with Crippen LogP contribution in [0.5, 0.6) is 11.8 Å². The zero-order valence-corrected chi connectivity index (χ0v) is 26.7. The maximum absolute atomic E-state index is 15.0. The molecule has 7 rings (SSSR count). The van der Waals surface area contributed by atoms with Crippen molar-refractivity contribution in [2.24, 2.45) is 5.92 Å². The molecule has 4 aliphatic heterocycles. The Morgan fingerprint density at radius 1 is 1.11 bits per heavy atom. The summed E-state index contributed by atoms with van der Waals surface area (Å²) in [5.41, 5.74) is 2.93. The number of esters is 1. The molecule has 3 atom stereocenters. The zero-order valence-electron chi connectivity index (χ0n) is 26.7. The van der Waals surface area contributed by atoms with E-state index in [1.807, 2.05) is 6.92 Å². The van der Waals surface area contributed by atoms with E-state index in [1.54, 1.807) is 18.2 Å². The summed E-state index contributed by atoms with van der Waals surface area (Å²) in [6.45, 7) is 6.07. The zero-order chi connectivity index (χ0) is 32.0. The summed E-state index contributed by atoms with van der Waals surface area (Å²) in [5.74, 6) is 0.378. The second-order valence-electron chi connectivity index (χ2n) is 13.4. The van der Waals surface area contributed by atoms with Crippen LogP contribution in [0.4, 0.5) is 20.3 Å². The third kappa shape index (κ3) is 5.60. The lowest BCUT2D eigenvalue weighted by atomic mass is 9.95. The van der Waals surface area contributed by atoms with Gasteiger partial charge in [-0.1, -0.05) is 13.0 Å². The quantitative estimate of drug-likeness (QED) is 0.346. The van der Waals surface area contributed by atoms with E-state index in [9.17, 15) is 14.3 Å². The van der Waals surface area contributed by atoms with Gasteiger partial charge >= 0.3 is 12.0 Å². The van der Waals surface area contributed by atoms with E-state index in [2.05, 4.69) is 14.7 Å². The number of aromatic hydroxyl groups is 1. The molecule has 0 radical (unpaired) electrons. The van der Waals surface area contributed by atoms with Gasteiger partial charge < -0.3 is 24.4 Å². The van der Waals surface area contributed by atoms with E-state index in [0.29, 0.717) is 64.0 Å². The van der Waals surface area contributed by atoms with Crippen molar-refractivity contribution in [3.05, 3.63) is 46.9 Å². The molecule has 2 aromatic carbocycles. The van der Waals surface area contributed by atoms with Gasteiger partial charge in [0.1, 0.15) is 30.2 Å². The summed E-state index contributed by atoms with van der Waals surface area (Å²) < 4.78 is 41.0. The predicted octanol–water partition coefficient (Wildman–Crippen LogP) is 5.33. The second-order valence-corrected chi connectivity index (χ2v) is 13.4. The molecule has 1 unspecified atom stereocenters. The Balaban J connectivity index is 1.24. The van der Waals surface area contributed by atoms with Crippen molar-refractivity contribution in [3.8, 4) is 11.8 Å². The first kappa shape index (κ1) is 30.9. The number of benzene rings is 2. The first-order valence-electron chi connectivity index (χ1n) is 16.7. The molecule has 0 aliphatic carbocycles. The Morgan fingerprint density at radius 2 is 1.98 bits per heavy atom. The van der Waals surface area contributed by atoms with E-state index in [0.717, 1.165) is 72.3 Å². The van der Waals surface area contributed by atoms with Gasteiger partial charge in [-0.2, -0.15) is 9.97 Å². The molecule has 1 N–H and O–H groups in total. The summed E-state index contributed by atoms with van der Waals surface area (Å²) in [6.07, 6.45) is 4.95. The Morgan fingerprint density at radius 3 is 2.80 bits per heavy atom. The van der Waals surface area contributed by atoms with E-state index in [-0.39, 0.29) is 35.0 Å². The summed E-state index contributed by atoms with van der Waals surface area (Å²) in [7, 11) is 1.44. The fraction of sp³-hybridized carbons (Fsp3) is 0.571. The van der Waals surface area contributed by atoms with Gasteiger partial charge in [0.2, 0.25) is 0 Å². The van der Waals surface area contributed by atoms with Crippen LogP contribution in [-0.2, 0) is 28.9 Å². The number of fused-ring (bicyclic) bond motifs is 3. The minimum atomic E-state index is -0.854. The molecule has 9 nitrogen and oxygen atoms in total. The van der Waals surface area contributed by atoms with Crippen LogP contribution >= 0.6 is 0 Å². The van der Waals surface area contributed by atoms with E-state index >= 15 is 4.39 Å². The molecule has 4 aliphatic rings. The van der Waals surface area contributed by atoms with Gasteiger partial charge in [-0.3, -0.25) is 9.69 Å². The molecule has 5 heterocycles. The maximum Gasteiger partial charge on any atom is 0.318 e. The number of aryl methyl sites for hydroxylation is 1. The fourth-order valence-corrected chi connectivity index (χ4v) is 8.35. The van der Waals surface area contributed by atoms with Gasteiger partial charge in [0, 0.05) is 55.3 Å². The number of carbonyl (C=O) groups is 1. The van der Waals surface area contributed by atoms with E-state index < -0.39 is 6.17 Å². The number of aromatic nitrogens is 2. The first-order chi connectivity index (χ1) is 22.3. The van der Waals surface area contributed by atoms with Crippen LogP contribution in [0.1, 0.15) is 62.3 Å². The van der Waals surface area contributed by atoms with Crippen molar-refractivity contribution >= 4 is 28.2 Å². The van der Waals surface area contributed by atoms with Crippen LogP contribution in [0, 0.1) is 11.7 Å². The van der Waals surface area contributed by atoms with Crippen molar-refractivity contribution in [2.75, 3.05) is 56.2 Å². The SMILES string of the molecule is CCc1c(F)ccc2cc(O)cc(N3CCc4c(nc(OC[C@@]56CCCN5C[C@H](F)C6)nc4N4CCCC(C(=O)OC)CC4)C3)c12. The number of halogens is 2. The smallest absolute Gasteiger partial charge is 0.318 e. The molecule has 3 aromatic rings. The molecule has 11 heteroatoms. The Bertz CT molecular complexity index is 1640. The summed E-state index contributed by atoms with van der Waals surface area (Å²) >= 11 is 0. The number of phenols is 1. The monoisotopic (exact) mass is 635 g/mol. The molecule has 246 valence electrons. The fourth-order valence-electron chi connectivity index (χ4n) is 8.35. The van der Waals surface area contributed by atoms with Gasteiger partial charge in [0.05, 0.1) is 30.8 Å². The van der Waals surface area contributed by atoms with Crippen molar-refractivity contribution in [2.45, 2.75) is 76.5 Å². The highest BCUT2D eigenvalue weighted by atomic mass is 19.1. The maximum atomic E-state index is 15.0. The Hall–Kier alpha value is -3.73. The van der Waals surface area contributed by atoms with Crippen LogP contribution in [0.2, 0.25) is 0 Å². The summed E-state index contributed by atoms with van der Waals surface area (Å²) in [5, 5.41) is 12.3. The second kappa shape index (κ2) is 12.5. The number of carbonyl (C=O) groups excluding carboxylic acids is 1. The van der Waals surface area contributed by atoms with Gasteiger partial charge in [-0.05, 0) is 74.6 Å². The van der Waals surface area contributed by atoms with Crippen LogP contribution in [0.25, 0.3) is 10.8 Å². The third-order valence-electron chi connectivity index (χ3n) is 10.6. The van der Waals surface area contributed by atoms with Crippen LogP contribution < -0.4 is 14.5 Å². The summed E-state index contributed by atoms with van der Waals surface area (Å²) in [4.78, 5) is 28.9. The lowest BCUT2D eigenvalue weighted by Crippen LogP contribution is -2.43. The number of methoxy groups -OCH3 is 1. The standard InChI is InChI=1S/C35H43F2N5O4/c1-3-26-28(37)8-7-23-16-25(43)17-30(31(23)26)41-15-10-27-29(20-41)38-34(46-21-35-11-5-13-42(35)19-24(36)18-35)39-32(27)40-12-4-6-22(9-14-40)33(44)45-2/h7-8,16-17,22,24,43H,3-6,9-15,18-21H2,1-2H3/t22?,24-,35+/m1/s1. The molecule has 0 bridgehead atoms. The number of alkyl halides is 1.